The van der Waals surface area contributed by atoms with Crippen LogP contribution in [0.5, 0.6) is 0 Å². The third-order valence-corrected chi connectivity index (χ3v) is 5.23. The van der Waals surface area contributed by atoms with Crippen molar-refractivity contribution in [1.29, 1.82) is 0 Å². The molecule has 0 aliphatic carbocycles. The Kier molecular flexibility index (Phi) is 6.24. The molecular weight excluding hydrogens is 302 g/mol. The molecule has 0 bridgehead atoms. The van der Waals surface area contributed by atoms with Crippen molar-refractivity contribution in [2.45, 2.75) is 83.8 Å². The van der Waals surface area contributed by atoms with Crippen LogP contribution < -0.4 is 5.32 Å². The number of rotatable bonds is 5. The van der Waals surface area contributed by atoms with Gasteiger partial charge in [0.2, 0.25) is 5.91 Å². The minimum atomic E-state index is 0.166. The largest absolute Gasteiger partial charge is 0.343 e. The molecule has 0 aromatic carbocycles. The van der Waals surface area contributed by atoms with E-state index in [-0.39, 0.29) is 11.9 Å². The normalized spacial score (nSPS) is 20.1. The number of fused-ring (bicyclic) bond motifs is 1. The lowest BCUT2D eigenvalue weighted by Crippen LogP contribution is -2.37. The molecule has 1 atom stereocenters. The summed E-state index contributed by atoms with van der Waals surface area (Å²) >= 11 is 0. The van der Waals surface area contributed by atoms with Gasteiger partial charge in [-0.25, -0.2) is 0 Å². The summed E-state index contributed by atoms with van der Waals surface area (Å²) in [4.78, 5) is 14.5. The number of hydrogen-bond donors (Lipinski definition) is 1. The van der Waals surface area contributed by atoms with Gasteiger partial charge in [-0.2, -0.15) is 0 Å². The van der Waals surface area contributed by atoms with E-state index in [9.17, 15) is 4.79 Å². The number of carbonyl (C=O) groups is 1. The van der Waals surface area contributed by atoms with Crippen LogP contribution in [0.2, 0.25) is 0 Å². The van der Waals surface area contributed by atoms with Gasteiger partial charge in [-0.1, -0.05) is 19.3 Å². The third-order valence-electron chi connectivity index (χ3n) is 5.23. The first kappa shape index (κ1) is 17.4. The van der Waals surface area contributed by atoms with Crippen LogP contribution in [0.1, 0.15) is 69.9 Å². The second-order valence-corrected chi connectivity index (χ2v) is 7.28. The maximum atomic E-state index is 12.5. The summed E-state index contributed by atoms with van der Waals surface area (Å²) in [6.07, 6.45) is 10.1. The lowest BCUT2D eigenvalue weighted by molar-refractivity contribution is -0.131. The van der Waals surface area contributed by atoms with Gasteiger partial charge < -0.3 is 14.8 Å². The molecule has 1 N–H and O–H groups in total. The minimum Gasteiger partial charge on any atom is -0.343 e. The lowest BCUT2D eigenvalue weighted by Gasteiger charge is -2.22. The Balaban J connectivity index is 1.48. The molecule has 1 fully saturated rings. The fourth-order valence-electron chi connectivity index (χ4n) is 3.72. The SMILES string of the molecule is C[C@@H](CC(=O)N1CCCCCC1)NCc1nnc2n1CCCCC2. The predicted molar refractivity (Wildman–Crippen MR) is 93.5 cm³/mol. The smallest absolute Gasteiger partial charge is 0.224 e. The van der Waals surface area contributed by atoms with E-state index < -0.39 is 0 Å². The number of nitrogens with zero attached hydrogens (tertiary/aromatic N) is 4. The van der Waals surface area contributed by atoms with Crippen molar-refractivity contribution in [2.24, 2.45) is 0 Å². The van der Waals surface area contributed by atoms with Crippen molar-refractivity contribution in [2.75, 3.05) is 13.1 Å². The van der Waals surface area contributed by atoms with Crippen molar-refractivity contribution in [3.05, 3.63) is 11.6 Å². The summed E-state index contributed by atoms with van der Waals surface area (Å²) in [5, 5.41) is 12.2. The monoisotopic (exact) mass is 333 g/mol. The van der Waals surface area contributed by atoms with Gasteiger partial charge >= 0.3 is 0 Å². The highest BCUT2D eigenvalue weighted by Gasteiger charge is 2.19. The Labute approximate surface area is 145 Å². The molecule has 6 nitrogen and oxygen atoms in total. The van der Waals surface area contributed by atoms with Crippen molar-refractivity contribution in [3.63, 3.8) is 0 Å². The van der Waals surface area contributed by atoms with E-state index in [0.717, 1.165) is 50.5 Å². The predicted octanol–water partition coefficient (Wildman–Crippen LogP) is 2.28. The van der Waals surface area contributed by atoms with Gasteiger partial charge in [0.05, 0.1) is 6.54 Å². The molecule has 1 aromatic rings. The lowest BCUT2D eigenvalue weighted by atomic mass is 10.2. The molecule has 0 unspecified atom stereocenters. The molecule has 2 aliphatic heterocycles. The highest BCUT2D eigenvalue weighted by molar-refractivity contribution is 5.76. The molecule has 0 saturated carbocycles. The molecule has 3 rings (SSSR count). The van der Waals surface area contributed by atoms with E-state index in [1.54, 1.807) is 0 Å². The molecule has 1 amide bonds. The van der Waals surface area contributed by atoms with Crippen LogP contribution in [-0.2, 0) is 24.3 Å². The van der Waals surface area contributed by atoms with E-state index >= 15 is 0 Å². The standard InChI is InChI=1S/C18H31N5O/c1-15(13-18(24)22-10-6-2-3-7-11-22)19-14-17-21-20-16-9-5-4-8-12-23(16)17/h15,19H,2-14H2,1H3/t15-/m0/s1. The third kappa shape index (κ3) is 4.56. The average Bonchev–Trinajstić information content (AvgIpc) is 2.81. The zero-order valence-corrected chi connectivity index (χ0v) is 15.0. The number of aromatic nitrogens is 3. The van der Waals surface area contributed by atoms with Crippen LogP contribution in [-0.4, -0.2) is 44.7 Å². The van der Waals surface area contributed by atoms with E-state index in [4.69, 9.17) is 0 Å². The second kappa shape index (κ2) is 8.60. The van der Waals surface area contributed by atoms with E-state index in [2.05, 4.69) is 27.0 Å². The van der Waals surface area contributed by atoms with Crippen molar-refractivity contribution in [1.82, 2.24) is 25.0 Å². The minimum absolute atomic E-state index is 0.166. The summed E-state index contributed by atoms with van der Waals surface area (Å²) in [7, 11) is 0. The van der Waals surface area contributed by atoms with E-state index in [1.807, 2.05) is 4.90 Å². The number of amides is 1. The summed E-state index contributed by atoms with van der Waals surface area (Å²) in [6, 6.07) is 0.166. The average molecular weight is 333 g/mol. The van der Waals surface area contributed by atoms with Gasteiger partial charge in [0.1, 0.15) is 11.6 Å². The number of aryl methyl sites for hydroxylation is 1. The van der Waals surface area contributed by atoms with Gasteiger partial charge in [0.15, 0.2) is 0 Å². The Bertz CT molecular complexity index is 534. The highest BCUT2D eigenvalue weighted by atomic mass is 16.2. The van der Waals surface area contributed by atoms with Gasteiger partial charge in [-0.3, -0.25) is 4.79 Å². The molecular formula is C18H31N5O. The molecule has 1 saturated heterocycles. The fraction of sp³-hybridized carbons (Fsp3) is 0.833. The zero-order chi connectivity index (χ0) is 16.8. The molecule has 6 heteroatoms. The first-order chi connectivity index (χ1) is 11.7. The van der Waals surface area contributed by atoms with Gasteiger partial charge in [0, 0.05) is 38.5 Å². The Morgan fingerprint density at radius 2 is 1.75 bits per heavy atom. The Hall–Kier alpha value is -1.43. The second-order valence-electron chi connectivity index (χ2n) is 7.28. The molecule has 134 valence electrons. The maximum absolute atomic E-state index is 12.5. The maximum Gasteiger partial charge on any atom is 0.224 e. The summed E-state index contributed by atoms with van der Waals surface area (Å²) in [6.45, 7) is 5.68. The van der Waals surface area contributed by atoms with Gasteiger partial charge in [-0.15, -0.1) is 10.2 Å². The van der Waals surface area contributed by atoms with Crippen LogP contribution in [0.4, 0.5) is 0 Å². The molecule has 0 radical (unpaired) electrons. The molecule has 24 heavy (non-hydrogen) atoms. The molecule has 2 aliphatic rings. The quantitative estimate of drug-likeness (QED) is 0.898. The first-order valence-corrected chi connectivity index (χ1v) is 9.66. The number of carbonyl (C=O) groups excluding carboxylic acids is 1. The van der Waals surface area contributed by atoms with Crippen LogP contribution in [0.3, 0.4) is 0 Å². The van der Waals surface area contributed by atoms with Crippen LogP contribution in [0.15, 0.2) is 0 Å². The van der Waals surface area contributed by atoms with E-state index in [1.165, 1.54) is 32.1 Å². The topological polar surface area (TPSA) is 63.1 Å². The molecule has 3 heterocycles. The number of likely N-dealkylation sites (tertiary alicyclic amines) is 1. The summed E-state index contributed by atoms with van der Waals surface area (Å²) in [5.74, 6) is 2.43. The van der Waals surface area contributed by atoms with Crippen LogP contribution >= 0.6 is 0 Å². The summed E-state index contributed by atoms with van der Waals surface area (Å²) < 4.78 is 2.27. The van der Waals surface area contributed by atoms with Gasteiger partial charge in [-0.05, 0) is 32.6 Å². The zero-order valence-electron chi connectivity index (χ0n) is 15.0. The van der Waals surface area contributed by atoms with Gasteiger partial charge in [0.25, 0.3) is 0 Å². The summed E-state index contributed by atoms with van der Waals surface area (Å²) in [5.41, 5.74) is 0. The van der Waals surface area contributed by atoms with Crippen LogP contribution in [0.25, 0.3) is 0 Å². The fourth-order valence-corrected chi connectivity index (χ4v) is 3.72. The van der Waals surface area contributed by atoms with Crippen molar-refractivity contribution < 1.29 is 4.79 Å². The Morgan fingerprint density at radius 3 is 2.54 bits per heavy atom. The number of nitrogens with one attached hydrogen (secondary N) is 1. The number of hydrogen-bond acceptors (Lipinski definition) is 4. The molecule has 0 spiro atoms. The van der Waals surface area contributed by atoms with Crippen molar-refractivity contribution >= 4 is 5.91 Å². The Morgan fingerprint density at radius 1 is 1.04 bits per heavy atom. The first-order valence-electron chi connectivity index (χ1n) is 9.66. The van der Waals surface area contributed by atoms with E-state index in [0.29, 0.717) is 13.0 Å². The van der Waals surface area contributed by atoms with Crippen molar-refractivity contribution in [3.8, 4) is 0 Å². The van der Waals surface area contributed by atoms with Crippen LogP contribution in [0, 0.1) is 0 Å². The highest BCUT2D eigenvalue weighted by Crippen LogP contribution is 2.15. The molecule has 1 aromatic heterocycles.